The Hall–Kier alpha value is -3.83. The Morgan fingerprint density at radius 3 is 2.60 bits per heavy atom. The number of H-pyrrole nitrogens is 1. The molecule has 0 unspecified atom stereocenters. The molecule has 156 valence electrons. The molecule has 30 heavy (non-hydrogen) atoms. The van der Waals surface area contributed by atoms with Crippen molar-refractivity contribution in [3.05, 3.63) is 58.8 Å². The maximum Gasteiger partial charge on any atom is 0.573 e. The van der Waals surface area contributed by atoms with Crippen molar-refractivity contribution in [2.75, 3.05) is 0 Å². The fourth-order valence-corrected chi connectivity index (χ4v) is 2.80. The molecule has 3 heterocycles. The zero-order valence-corrected chi connectivity index (χ0v) is 15.3. The van der Waals surface area contributed by atoms with Crippen molar-refractivity contribution in [2.24, 2.45) is 5.16 Å². The lowest BCUT2D eigenvalue weighted by Crippen LogP contribution is -2.23. The number of pyridine rings is 1. The molecule has 0 saturated heterocycles. The Bertz CT molecular complexity index is 1140. The van der Waals surface area contributed by atoms with E-state index < -0.39 is 17.7 Å². The van der Waals surface area contributed by atoms with Crippen molar-refractivity contribution in [3.8, 4) is 23.0 Å². The van der Waals surface area contributed by atoms with E-state index in [9.17, 15) is 18.0 Å². The number of benzene rings is 1. The van der Waals surface area contributed by atoms with Gasteiger partial charge in [-0.1, -0.05) is 17.3 Å². The number of aromatic amines is 1. The molecule has 4 rings (SSSR count). The van der Waals surface area contributed by atoms with Gasteiger partial charge in [-0.15, -0.1) is 18.3 Å². The average Bonchev–Trinajstić information content (AvgIpc) is 3.28. The molecule has 1 aliphatic heterocycles. The van der Waals surface area contributed by atoms with Gasteiger partial charge in [0.2, 0.25) is 5.90 Å². The minimum atomic E-state index is -4.76. The third kappa shape index (κ3) is 4.26. The van der Waals surface area contributed by atoms with E-state index in [1.165, 1.54) is 36.7 Å². The van der Waals surface area contributed by atoms with Gasteiger partial charge in [-0.05, 0) is 30.7 Å². The normalized spacial score (nSPS) is 18.6. The first-order valence-corrected chi connectivity index (χ1v) is 8.50. The van der Waals surface area contributed by atoms with Gasteiger partial charge in [-0.2, -0.15) is 0 Å². The number of oxime groups is 1. The summed E-state index contributed by atoms with van der Waals surface area (Å²) in [6, 6.07) is 6.86. The van der Waals surface area contributed by atoms with Crippen LogP contribution in [0, 0.1) is 0 Å². The summed E-state index contributed by atoms with van der Waals surface area (Å²) in [6.45, 7) is 1.72. The van der Waals surface area contributed by atoms with Crippen LogP contribution in [-0.4, -0.2) is 27.4 Å². The van der Waals surface area contributed by atoms with Crippen LogP contribution in [0.25, 0.3) is 11.5 Å². The first kappa shape index (κ1) is 19.5. The Balaban J connectivity index is 1.44. The van der Waals surface area contributed by atoms with Crippen LogP contribution in [0.3, 0.4) is 0 Å². The highest BCUT2D eigenvalue weighted by Gasteiger charge is 2.38. The van der Waals surface area contributed by atoms with Crippen LogP contribution in [0.4, 0.5) is 13.2 Å². The number of aromatic nitrogens is 3. The second kappa shape index (κ2) is 7.21. The number of hydrogen-bond donors (Lipinski definition) is 1. The van der Waals surface area contributed by atoms with Crippen molar-refractivity contribution in [2.45, 2.75) is 25.3 Å². The fourth-order valence-electron chi connectivity index (χ4n) is 2.80. The Kier molecular flexibility index (Phi) is 4.68. The van der Waals surface area contributed by atoms with E-state index in [4.69, 9.17) is 14.0 Å². The van der Waals surface area contributed by atoms with Crippen LogP contribution >= 0.6 is 0 Å². The fraction of sp³-hybridized carbons (Fsp3) is 0.222. The van der Waals surface area contributed by atoms with Gasteiger partial charge in [-0.25, -0.2) is 9.89 Å². The number of rotatable bonds is 4. The molecule has 1 aromatic carbocycles. The van der Waals surface area contributed by atoms with Crippen LogP contribution in [0.5, 0.6) is 11.5 Å². The lowest BCUT2D eigenvalue weighted by atomic mass is 9.93. The molecular weight excluding hydrogens is 409 g/mol. The molecule has 0 fully saturated rings. The molecule has 1 N–H and O–H groups in total. The van der Waals surface area contributed by atoms with Gasteiger partial charge in [-0.3, -0.25) is 4.98 Å². The smallest absolute Gasteiger partial charge is 0.438 e. The van der Waals surface area contributed by atoms with Crippen LogP contribution in [0.15, 0.2) is 57.1 Å². The predicted molar refractivity (Wildman–Crippen MR) is 94.6 cm³/mol. The lowest BCUT2D eigenvalue weighted by Gasteiger charge is -2.21. The molecule has 1 aliphatic rings. The molecule has 3 aromatic rings. The summed E-state index contributed by atoms with van der Waals surface area (Å²) in [5.74, 6) is -0.451. The summed E-state index contributed by atoms with van der Waals surface area (Å²) in [5, 5.41) is 9.77. The highest BCUT2D eigenvalue weighted by molar-refractivity contribution is 5.80. The minimum absolute atomic E-state index is 0.0496. The third-order valence-electron chi connectivity index (χ3n) is 4.17. The maximum absolute atomic E-state index is 12.3. The quantitative estimate of drug-likeness (QED) is 0.686. The number of alkyl halides is 3. The van der Waals surface area contributed by atoms with Gasteiger partial charge >= 0.3 is 12.1 Å². The molecule has 2 aromatic heterocycles. The molecule has 0 aliphatic carbocycles. The van der Waals surface area contributed by atoms with E-state index in [2.05, 4.69) is 25.1 Å². The molecule has 0 radical (unpaired) electrons. The Morgan fingerprint density at radius 2 is 1.93 bits per heavy atom. The van der Waals surface area contributed by atoms with Gasteiger partial charge in [0.1, 0.15) is 11.5 Å². The lowest BCUT2D eigenvalue weighted by molar-refractivity contribution is -0.274. The van der Waals surface area contributed by atoms with Gasteiger partial charge < -0.3 is 18.7 Å². The second-order valence-corrected chi connectivity index (χ2v) is 6.49. The summed E-state index contributed by atoms with van der Waals surface area (Å²) < 4.78 is 51.3. The van der Waals surface area contributed by atoms with E-state index in [0.717, 1.165) is 0 Å². The van der Waals surface area contributed by atoms with Crippen LogP contribution in [0.2, 0.25) is 0 Å². The van der Waals surface area contributed by atoms with Gasteiger partial charge in [0.15, 0.2) is 5.60 Å². The molecule has 0 amide bonds. The van der Waals surface area contributed by atoms with Crippen molar-refractivity contribution in [1.29, 1.82) is 0 Å². The van der Waals surface area contributed by atoms with E-state index in [0.29, 0.717) is 16.9 Å². The topological polar surface area (TPSA) is 112 Å². The highest BCUT2D eigenvalue weighted by atomic mass is 19.4. The number of nitrogens with zero attached hydrogens (tertiary/aromatic N) is 3. The summed E-state index contributed by atoms with van der Waals surface area (Å²) in [6.07, 6.45) is -1.68. The van der Waals surface area contributed by atoms with Gasteiger partial charge in [0.05, 0.1) is 18.2 Å². The van der Waals surface area contributed by atoms with Crippen molar-refractivity contribution in [3.63, 3.8) is 0 Å². The SMILES string of the molecule is C[C@]1(c2ccc(OC(F)(F)F)cc2)CC(Oc2cncc(-c3n[nH]c(=O)o3)c2)=NO1. The zero-order chi connectivity index (χ0) is 21.4. The first-order valence-electron chi connectivity index (χ1n) is 8.50. The Labute approximate surface area is 166 Å². The summed E-state index contributed by atoms with van der Waals surface area (Å²) in [4.78, 5) is 20.6. The van der Waals surface area contributed by atoms with Crippen LogP contribution in [-0.2, 0) is 10.4 Å². The standard InChI is InChI=1S/C18H13F3N4O5/c1-17(11-2-4-12(5-3-11)29-18(19,20)21)7-14(25-30-17)27-13-6-10(8-22-9-13)15-23-24-16(26)28-15/h2-6,8-9H,7H2,1H3,(H,24,26)/t17-/m1/s1. The first-order chi connectivity index (χ1) is 14.2. The predicted octanol–water partition coefficient (Wildman–Crippen LogP) is 3.35. The van der Waals surface area contributed by atoms with Crippen molar-refractivity contribution in [1.82, 2.24) is 15.2 Å². The summed E-state index contributed by atoms with van der Waals surface area (Å²) >= 11 is 0. The molecular formula is C18H13F3N4O5. The average molecular weight is 422 g/mol. The summed E-state index contributed by atoms with van der Waals surface area (Å²) in [5.41, 5.74) is 0.0597. The molecule has 0 spiro atoms. The minimum Gasteiger partial charge on any atom is -0.438 e. The van der Waals surface area contributed by atoms with Gasteiger partial charge in [0, 0.05) is 6.20 Å². The maximum atomic E-state index is 12.3. The molecule has 12 heteroatoms. The second-order valence-electron chi connectivity index (χ2n) is 6.49. The van der Waals surface area contributed by atoms with Gasteiger partial charge in [0.25, 0.3) is 5.89 Å². The van der Waals surface area contributed by atoms with Crippen LogP contribution in [0.1, 0.15) is 18.9 Å². The number of hydrogen-bond acceptors (Lipinski definition) is 8. The molecule has 1 atom stereocenters. The summed E-state index contributed by atoms with van der Waals surface area (Å²) in [7, 11) is 0. The molecule has 9 nitrogen and oxygen atoms in total. The van der Waals surface area contributed by atoms with E-state index in [1.807, 2.05) is 0 Å². The number of halogens is 3. The number of nitrogens with one attached hydrogen (secondary N) is 1. The third-order valence-corrected chi connectivity index (χ3v) is 4.17. The van der Waals surface area contributed by atoms with Crippen molar-refractivity contribution >= 4 is 5.90 Å². The van der Waals surface area contributed by atoms with Crippen LogP contribution < -0.4 is 15.2 Å². The highest BCUT2D eigenvalue weighted by Crippen LogP contribution is 2.36. The van der Waals surface area contributed by atoms with Crippen molar-refractivity contribution < 1.29 is 31.9 Å². The molecule has 0 saturated carbocycles. The Morgan fingerprint density at radius 1 is 1.17 bits per heavy atom. The largest absolute Gasteiger partial charge is 0.573 e. The van der Waals surface area contributed by atoms with E-state index >= 15 is 0 Å². The molecule has 0 bridgehead atoms. The number of ether oxygens (including phenoxy) is 2. The monoisotopic (exact) mass is 422 g/mol. The zero-order valence-electron chi connectivity index (χ0n) is 15.3. The van der Waals surface area contributed by atoms with E-state index in [1.54, 1.807) is 13.0 Å². The van der Waals surface area contributed by atoms with E-state index in [-0.39, 0.29) is 24.0 Å².